The lowest BCUT2D eigenvalue weighted by atomic mass is 9.99. The third-order valence-electron chi connectivity index (χ3n) is 3.86. The number of hydrogen-bond acceptors (Lipinski definition) is 3. The van der Waals surface area contributed by atoms with E-state index in [4.69, 9.17) is 0 Å². The molecular weight excluding hydrogens is 405 g/mol. The molecule has 0 bridgehead atoms. The third-order valence-corrected chi connectivity index (χ3v) is 4.92. The van der Waals surface area contributed by atoms with Crippen molar-refractivity contribution in [2.45, 2.75) is 46.6 Å². The topological polar surface area (TPSA) is 67.2 Å². The van der Waals surface area contributed by atoms with Crippen molar-refractivity contribution in [3.05, 3.63) is 38.7 Å². The molecule has 2 N–H and O–H groups in total. The van der Waals surface area contributed by atoms with Gasteiger partial charge in [-0.3, -0.25) is 9.48 Å². The molecule has 0 saturated carbocycles. The summed E-state index contributed by atoms with van der Waals surface area (Å²) in [5, 5.41) is 17.2. The first kappa shape index (κ1) is 17.8. The Kier molecular flexibility index (Phi) is 5.67. The van der Waals surface area contributed by atoms with Crippen LogP contribution < -0.4 is 5.32 Å². The summed E-state index contributed by atoms with van der Waals surface area (Å²) in [5.74, 6) is 0.413. The Morgan fingerprint density at radius 3 is 2.65 bits per heavy atom. The van der Waals surface area contributed by atoms with E-state index in [1.54, 1.807) is 12.3 Å². The van der Waals surface area contributed by atoms with E-state index in [0.717, 1.165) is 26.1 Å². The zero-order valence-electron chi connectivity index (χ0n) is 13.9. The maximum atomic E-state index is 12.2. The number of hydrogen-bond donors (Lipinski definition) is 2. The van der Waals surface area contributed by atoms with Crippen LogP contribution in [0, 0.1) is 17.4 Å². The Morgan fingerprint density at radius 2 is 2.09 bits per heavy atom. The summed E-state index contributed by atoms with van der Waals surface area (Å²) in [6.07, 6.45) is 2.16. The van der Waals surface area contributed by atoms with Crippen LogP contribution >= 0.6 is 22.6 Å². The highest BCUT2D eigenvalue weighted by Crippen LogP contribution is 2.31. The molecule has 0 unspecified atom stereocenters. The summed E-state index contributed by atoms with van der Waals surface area (Å²) >= 11 is 2.23. The fourth-order valence-corrected chi connectivity index (χ4v) is 2.78. The van der Waals surface area contributed by atoms with Crippen LogP contribution in [0.15, 0.2) is 18.3 Å². The number of rotatable bonds is 5. The molecule has 0 aliphatic heterocycles. The van der Waals surface area contributed by atoms with Crippen LogP contribution in [-0.2, 0) is 11.3 Å². The van der Waals surface area contributed by atoms with Crippen molar-refractivity contribution >= 4 is 34.2 Å². The number of anilines is 1. The van der Waals surface area contributed by atoms with Gasteiger partial charge in [-0.1, -0.05) is 13.8 Å². The minimum atomic E-state index is -0.0570. The maximum Gasteiger partial charge on any atom is 0.226 e. The molecule has 0 atom stereocenters. The first-order chi connectivity index (χ1) is 10.8. The van der Waals surface area contributed by atoms with Crippen molar-refractivity contribution in [1.29, 1.82) is 0 Å². The highest BCUT2D eigenvalue weighted by Gasteiger charge is 2.12. The lowest BCUT2D eigenvalue weighted by Gasteiger charge is -2.14. The molecule has 0 aliphatic rings. The van der Waals surface area contributed by atoms with Gasteiger partial charge in [-0.25, -0.2) is 0 Å². The van der Waals surface area contributed by atoms with Crippen molar-refractivity contribution in [1.82, 2.24) is 9.78 Å². The summed E-state index contributed by atoms with van der Waals surface area (Å²) < 4.78 is 2.93. The predicted molar refractivity (Wildman–Crippen MR) is 99.9 cm³/mol. The van der Waals surface area contributed by atoms with Crippen molar-refractivity contribution < 1.29 is 9.90 Å². The van der Waals surface area contributed by atoms with Gasteiger partial charge in [0.15, 0.2) is 0 Å². The van der Waals surface area contributed by atoms with Crippen LogP contribution in [0.5, 0.6) is 5.75 Å². The highest BCUT2D eigenvalue weighted by molar-refractivity contribution is 14.1. The van der Waals surface area contributed by atoms with Crippen molar-refractivity contribution in [3.8, 4) is 5.75 Å². The second-order valence-corrected chi connectivity index (χ2v) is 7.14. The quantitative estimate of drug-likeness (QED) is 0.561. The van der Waals surface area contributed by atoms with Gasteiger partial charge in [0.1, 0.15) is 5.75 Å². The number of aryl methyl sites for hydroxylation is 2. The summed E-state index contributed by atoms with van der Waals surface area (Å²) in [4.78, 5) is 12.2. The van der Waals surface area contributed by atoms with E-state index >= 15 is 0 Å². The third kappa shape index (κ3) is 4.25. The molecule has 0 aliphatic carbocycles. The molecule has 0 fully saturated rings. The first-order valence-corrected chi connectivity index (χ1v) is 8.68. The van der Waals surface area contributed by atoms with Gasteiger partial charge < -0.3 is 10.4 Å². The summed E-state index contributed by atoms with van der Waals surface area (Å²) in [5.41, 5.74) is 3.51. The van der Waals surface area contributed by atoms with E-state index in [2.05, 4.69) is 33.0 Å². The summed E-state index contributed by atoms with van der Waals surface area (Å²) in [6.45, 7) is 8.44. The SMILES string of the molecule is Cc1cc(O)c(C(C)C)cc1NC(=O)CCn1ncc(I)c1C. The van der Waals surface area contributed by atoms with Crippen molar-refractivity contribution in [2.75, 3.05) is 5.32 Å². The van der Waals surface area contributed by atoms with Gasteiger partial charge in [0.25, 0.3) is 0 Å². The first-order valence-electron chi connectivity index (χ1n) is 7.61. The summed E-state index contributed by atoms with van der Waals surface area (Å²) in [6, 6.07) is 3.56. The fraction of sp³-hybridized carbons (Fsp3) is 0.412. The van der Waals surface area contributed by atoms with Crippen molar-refractivity contribution in [3.63, 3.8) is 0 Å². The Hall–Kier alpha value is -1.57. The molecule has 0 saturated heterocycles. The molecule has 23 heavy (non-hydrogen) atoms. The van der Waals surface area contributed by atoms with Gasteiger partial charge in [0.2, 0.25) is 5.91 Å². The normalized spacial score (nSPS) is 11.0. The molecule has 1 amide bonds. The van der Waals surface area contributed by atoms with Crippen LogP contribution in [0.4, 0.5) is 5.69 Å². The van der Waals surface area contributed by atoms with Gasteiger partial charge in [-0.2, -0.15) is 5.10 Å². The second-order valence-electron chi connectivity index (χ2n) is 5.98. The van der Waals surface area contributed by atoms with Gasteiger partial charge >= 0.3 is 0 Å². The van der Waals surface area contributed by atoms with E-state index < -0.39 is 0 Å². The zero-order valence-corrected chi connectivity index (χ0v) is 16.0. The molecule has 2 aromatic rings. The number of benzene rings is 1. The van der Waals surface area contributed by atoms with Gasteiger partial charge in [-0.15, -0.1) is 0 Å². The van der Waals surface area contributed by atoms with E-state index in [0.29, 0.717) is 13.0 Å². The molecule has 5 nitrogen and oxygen atoms in total. The molecule has 6 heteroatoms. The molecule has 1 aromatic carbocycles. The smallest absolute Gasteiger partial charge is 0.226 e. The minimum Gasteiger partial charge on any atom is -0.508 e. The van der Waals surface area contributed by atoms with E-state index in [1.807, 2.05) is 38.4 Å². The van der Waals surface area contributed by atoms with E-state index in [9.17, 15) is 9.90 Å². The average Bonchev–Trinajstić information content (AvgIpc) is 2.79. The lowest BCUT2D eigenvalue weighted by molar-refractivity contribution is -0.116. The van der Waals surface area contributed by atoms with E-state index in [-0.39, 0.29) is 17.6 Å². The van der Waals surface area contributed by atoms with Gasteiger partial charge in [-0.05, 0) is 65.6 Å². The molecule has 0 radical (unpaired) electrons. The van der Waals surface area contributed by atoms with Crippen molar-refractivity contribution in [2.24, 2.45) is 0 Å². The molecular formula is C17H22IN3O2. The number of phenolic OH excluding ortho intramolecular Hbond substituents is 1. The second kappa shape index (κ2) is 7.33. The number of phenols is 1. The predicted octanol–water partition coefficient (Wildman–Crippen LogP) is 3.96. The Labute approximate surface area is 150 Å². The van der Waals surface area contributed by atoms with Crippen LogP contribution in [0.25, 0.3) is 0 Å². The number of carbonyl (C=O) groups is 1. The number of amides is 1. The number of aromatic nitrogens is 2. The number of aromatic hydroxyl groups is 1. The Balaban J connectivity index is 2.05. The fourth-order valence-electron chi connectivity index (χ4n) is 2.38. The van der Waals surface area contributed by atoms with Crippen LogP contribution in [-0.4, -0.2) is 20.8 Å². The Bertz CT molecular complexity index is 723. The number of carbonyl (C=O) groups excluding carboxylic acids is 1. The number of halogens is 1. The standard InChI is InChI=1S/C17H22IN3O2/c1-10(2)13-8-15(11(3)7-16(13)22)20-17(23)5-6-21-12(4)14(18)9-19-21/h7-10,22H,5-6H2,1-4H3,(H,20,23). The molecule has 2 rings (SSSR count). The maximum absolute atomic E-state index is 12.2. The Morgan fingerprint density at radius 1 is 1.39 bits per heavy atom. The molecule has 0 spiro atoms. The number of nitrogens with one attached hydrogen (secondary N) is 1. The summed E-state index contributed by atoms with van der Waals surface area (Å²) in [7, 11) is 0. The largest absolute Gasteiger partial charge is 0.508 e. The zero-order chi connectivity index (χ0) is 17.1. The van der Waals surface area contributed by atoms with Crippen LogP contribution in [0.3, 0.4) is 0 Å². The van der Waals surface area contributed by atoms with E-state index in [1.165, 1.54) is 0 Å². The molecule has 124 valence electrons. The molecule has 1 heterocycles. The van der Waals surface area contributed by atoms with Gasteiger partial charge in [0.05, 0.1) is 16.3 Å². The minimum absolute atomic E-state index is 0.0570. The van der Waals surface area contributed by atoms with Crippen LogP contribution in [0.2, 0.25) is 0 Å². The lowest BCUT2D eigenvalue weighted by Crippen LogP contribution is -2.16. The molecule has 1 aromatic heterocycles. The van der Waals surface area contributed by atoms with Gasteiger partial charge in [0, 0.05) is 17.8 Å². The average molecular weight is 427 g/mol. The van der Waals surface area contributed by atoms with Crippen LogP contribution in [0.1, 0.15) is 43.0 Å². The number of nitrogens with zero attached hydrogens (tertiary/aromatic N) is 2. The highest BCUT2D eigenvalue weighted by atomic mass is 127. The monoisotopic (exact) mass is 427 g/mol.